The zero-order valence-electron chi connectivity index (χ0n) is 24.7. The molecule has 3 aliphatic rings. The molecule has 0 radical (unpaired) electrons. The van der Waals surface area contributed by atoms with E-state index in [0.717, 1.165) is 99.8 Å². The van der Waals surface area contributed by atoms with Gasteiger partial charge in [0, 0.05) is 87.5 Å². The van der Waals surface area contributed by atoms with Crippen molar-refractivity contribution in [1.82, 2.24) is 35.6 Å². The van der Waals surface area contributed by atoms with Gasteiger partial charge in [0.2, 0.25) is 11.8 Å². The van der Waals surface area contributed by atoms with Crippen LogP contribution in [-0.4, -0.2) is 75.1 Å². The summed E-state index contributed by atoms with van der Waals surface area (Å²) < 4.78 is 2.07. The van der Waals surface area contributed by atoms with Gasteiger partial charge in [0.05, 0.1) is 5.69 Å². The Bertz CT molecular complexity index is 1390. The van der Waals surface area contributed by atoms with Crippen LogP contribution in [-0.2, 0) is 9.59 Å². The fourth-order valence-corrected chi connectivity index (χ4v) is 6.71. The zero-order chi connectivity index (χ0) is 29.6. The van der Waals surface area contributed by atoms with Crippen LogP contribution in [0.2, 0.25) is 0 Å². The van der Waals surface area contributed by atoms with Crippen LogP contribution < -0.4 is 26.5 Å². The first-order valence-electron chi connectivity index (χ1n) is 15.7. The number of benzene rings is 1. The van der Waals surface area contributed by atoms with Crippen LogP contribution in [0, 0.1) is 5.92 Å². The molecule has 12 heteroatoms. The van der Waals surface area contributed by atoms with E-state index in [9.17, 15) is 9.59 Å². The lowest BCUT2D eigenvalue weighted by atomic mass is 9.78. The molecule has 6 rings (SSSR count). The fourth-order valence-electron chi connectivity index (χ4n) is 6.71. The van der Waals surface area contributed by atoms with Crippen molar-refractivity contribution in [1.29, 1.82) is 0 Å². The highest BCUT2D eigenvalue weighted by Crippen LogP contribution is 2.37. The number of hydrogen-bond acceptors (Lipinski definition) is 9. The van der Waals surface area contributed by atoms with Crippen LogP contribution >= 0.6 is 0 Å². The molecule has 230 valence electrons. The fraction of sp³-hybridized carbons (Fsp3) is 0.548. The van der Waals surface area contributed by atoms with Crippen LogP contribution in [0.25, 0.3) is 5.65 Å². The number of carbonyl (C=O) groups excluding carboxylic acids is 2. The van der Waals surface area contributed by atoms with E-state index in [0.29, 0.717) is 30.7 Å². The maximum atomic E-state index is 12.7. The number of hydroxylamine groups is 1. The Morgan fingerprint density at radius 1 is 1.00 bits per heavy atom. The average Bonchev–Trinajstić information content (AvgIpc) is 3.72. The van der Waals surface area contributed by atoms with E-state index < -0.39 is 0 Å². The first-order chi connectivity index (χ1) is 21.1. The summed E-state index contributed by atoms with van der Waals surface area (Å²) in [6.07, 6.45) is 13.6. The number of amides is 2. The van der Waals surface area contributed by atoms with Crippen molar-refractivity contribution in [3.8, 4) is 0 Å². The van der Waals surface area contributed by atoms with Gasteiger partial charge in [-0.2, -0.15) is 0 Å². The molecule has 43 heavy (non-hydrogen) atoms. The number of hydrazine groups is 1. The van der Waals surface area contributed by atoms with Crippen molar-refractivity contribution >= 4 is 34.7 Å². The minimum absolute atomic E-state index is 0.205. The largest absolute Gasteiger partial charge is 0.368 e. The van der Waals surface area contributed by atoms with E-state index in [-0.39, 0.29) is 11.8 Å². The van der Waals surface area contributed by atoms with E-state index in [4.69, 9.17) is 10.2 Å². The number of nitrogens with zero attached hydrogens (tertiary/aromatic N) is 5. The highest BCUT2D eigenvalue weighted by atomic mass is 16.5. The standard InChI is InChI=1S/C31H43N9O3/c41-28(37-43)5-3-1-2-4-6-29(42)39-17-15-38(16-18-39)25-11-9-24(10-12-25)34-30-31-32-13-14-40(31)21-27(35-30)22-7-8-23-20-33-36-26(23)19-22/h9-14,21-23,26,33,36,43H,1-8,15-20H2,(H,34,35)(H,37,41). The van der Waals surface area contributed by atoms with Crippen molar-refractivity contribution in [3.05, 3.63) is 48.5 Å². The number of piperazine rings is 1. The second-order valence-electron chi connectivity index (χ2n) is 12.1. The molecule has 2 amide bonds. The van der Waals surface area contributed by atoms with Crippen molar-refractivity contribution in [3.63, 3.8) is 0 Å². The molecule has 3 aromatic rings. The summed E-state index contributed by atoms with van der Waals surface area (Å²) in [5.41, 5.74) is 12.5. The quantitative estimate of drug-likeness (QED) is 0.129. The van der Waals surface area contributed by atoms with Gasteiger partial charge in [0.25, 0.3) is 0 Å². The van der Waals surface area contributed by atoms with Crippen LogP contribution in [0.5, 0.6) is 0 Å². The summed E-state index contributed by atoms with van der Waals surface area (Å²) in [6, 6.07) is 8.94. The summed E-state index contributed by atoms with van der Waals surface area (Å²) in [5, 5.41) is 12.1. The molecule has 12 nitrogen and oxygen atoms in total. The molecular weight excluding hydrogens is 546 g/mol. The third-order valence-electron chi connectivity index (χ3n) is 9.25. The van der Waals surface area contributed by atoms with Crippen molar-refractivity contribution < 1.29 is 14.8 Å². The molecule has 2 aliphatic heterocycles. The first-order valence-corrected chi connectivity index (χ1v) is 15.7. The Hall–Kier alpha value is -3.74. The number of rotatable bonds is 11. The van der Waals surface area contributed by atoms with E-state index in [2.05, 4.69) is 60.9 Å². The molecule has 1 aliphatic carbocycles. The molecule has 0 spiro atoms. The van der Waals surface area contributed by atoms with Crippen molar-refractivity contribution in [2.24, 2.45) is 5.92 Å². The highest BCUT2D eigenvalue weighted by molar-refractivity contribution is 5.76. The topological polar surface area (TPSA) is 139 Å². The Kier molecular flexibility index (Phi) is 9.35. The summed E-state index contributed by atoms with van der Waals surface area (Å²) >= 11 is 0. The minimum atomic E-state index is -0.356. The maximum Gasteiger partial charge on any atom is 0.243 e. The Labute approximate surface area is 252 Å². The first kappa shape index (κ1) is 29.3. The maximum absolute atomic E-state index is 12.7. The van der Waals surface area contributed by atoms with Crippen LogP contribution in [0.1, 0.15) is 69.4 Å². The molecule has 2 aromatic heterocycles. The molecule has 4 heterocycles. The summed E-state index contributed by atoms with van der Waals surface area (Å²) in [7, 11) is 0. The average molecular weight is 590 g/mol. The van der Waals surface area contributed by atoms with Crippen LogP contribution in [0.3, 0.4) is 0 Å². The normalized spacial score (nSPS) is 22.0. The SMILES string of the molecule is O=C(CCCCCCC(=O)N1CCN(c2ccc(Nc3nc(C4CCC5CNNC5C4)cn4ccnc34)cc2)CC1)NO. The predicted octanol–water partition coefficient (Wildman–Crippen LogP) is 3.33. The molecular formula is C31H43N9O3. The van der Waals surface area contributed by atoms with Crippen LogP contribution in [0.4, 0.5) is 17.2 Å². The Morgan fingerprint density at radius 2 is 1.79 bits per heavy atom. The molecule has 3 fully saturated rings. The summed E-state index contributed by atoms with van der Waals surface area (Å²) in [6.45, 7) is 4.11. The van der Waals surface area contributed by atoms with E-state index >= 15 is 0 Å². The summed E-state index contributed by atoms with van der Waals surface area (Å²) in [5.74, 6) is 1.75. The smallest absolute Gasteiger partial charge is 0.243 e. The molecule has 3 atom stereocenters. The second-order valence-corrected chi connectivity index (χ2v) is 12.1. The highest BCUT2D eigenvalue weighted by Gasteiger charge is 2.35. The zero-order valence-corrected chi connectivity index (χ0v) is 24.7. The molecule has 3 unspecified atom stereocenters. The monoisotopic (exact) mass is 589 g/mol. The Morgan fingerprint density at radius 3 is 2.58 bits per heavy atom. The van der Waals surface area contributed by atoms with Gasteiger partial charge in [-0.25, -0.2) is 15.4 Å². The van der Waals surface area contributed by atoms with Crippen molar-refractivity contribution in [2.45, 2.75) is 69.7 Å². The molecule has 0 bridgehead atoms. The number of hydrogen-bond donors (Lipinski definition) is 5. The third kappa shape index (κ3) is 7.09. The number of anilines is 3. The molecule has 5 N–H and O–H groups in total. The van der Waals surface area contributed by atoms with Crippen LogP contribution in [0.15, 0.2) is 42.9 Å². The minimum Gasteiger partial charge on any atom is -0.368 e. The number of fused-ring (bicyclic) bond motifs is 2. The van der Waals surface area contributed by atoms with Gasteiger partial charge in [-0.3, -0.25) is 25.6 Å². The Balaban J connectivity index is 1.000. The lowest BCUT2D eigenvalue weighted by Crippen LogP contribution is -2.48. The van der Waals surface area contributed by atoms with Gasteiger partial charge < -0.3 is 19.5 Å². The molecule has 2 saturated heterocycles. The second kappa shape index (κ2) is 13.7. The van der Waals surface area contributed by atoms with Gasteiger partial charge in [0.15, 0.2) is 11.5 Å². The lowest BCUT2D eigenvalue weighted by Gasteiger charge is -2.36. The van der Waals surface area contributed by atoms with E-state index in [1.54, 1.807) is 5.48 Å². The van der Waals surface area contributed by atoms with Crippen molar-refractivity contribution in [2.75, 3.05) is 42.9 Å². The number of unbranched alkanes of at least 4 members (excludes halogenated alkanes) is 3. The van der Waals surface area contributed by atoms with Gasteiger partial charge in [-0.1, -0.05) is 12.8 Å². The number of nitrogens with one attached hydrogen (secondary N) is 4. The van der Waals surface area contributed by atoms with E-state index in [1.165, 1.54) is 6.42 Å². The van der Waals surface area contributed by atoms with E-state index in [1.807, 2.05) is 17.3 Å². The number of aromatic nitrogens is 3. The lowest BCUT2D eigenvalue weighted by molar-refractivity contribution is -0.132. The van der Waals surface area contributed by atoms with Gasteiger partial charge >= 0.3 is 0 Å². The van der Waals surface area contributed by atoms with Gasteiger partial charge in [-0.05, 0) is 62.3 Å². The third-order valence-corrected chi connectivity index (χ3v) is 9.25. The van der Waals surface area contributed by atoms with Gasteiger partial charge in [0.1, 0.15) is 0 Å². The predicted molar refractivity (Wildman–Crippen MR) is 164 cm³/mol. The van der Waals surface area contributed by atoms with Gasteiger partial charge in [-0.15, -0.1) is 0 Å². The number of carbonyl (C=O) groups is 2. The summed E-state index contributed by atoms with van der Waals surface area (Å²) in [4.78, 5) is 37.7. The molecule has 1 saturated carbocycles. The molecule has 1 aromatic carbocycles. The number of imidazole rings is 1.